The Balaban J connectivity index is 2.51. The molecule has 0 saturated carbocycles. The molecule has 2 heteroatoms. The molecule has 2 aromatic rings. The Labute approximate surface area is 158 Å². The summed E-state index contributed by atoms with van der Waals surface area (Å²) in [4.78, 5) is 11.4. The third-order valence-corrected chi connectivity index (χ3v) is 5.20. The van der Waals surface area contributed by atoms with Crippen LogP contribution in [0.5, 0.6) is 0 Å². The highest BCUT2D eigenvalue weighted by Gasteiger charge is 2.15. The Morgan fingerprint density at radius 1 is 1.04 bits per heavy atom. The highest BCUT2D eigenvalue weighted by molar-refractivity contribution is 5.90. The lowest BCUT2D eigenvalue weighted by Gasteiger charge is -2.19. The zero-order valence-electron chi connectivity index (χ0n) is 16.6. The van der Waals surface area contributed by atoms with E-state index in [1.165, 1.54) is 36.0 Å². The molecule has 0 amide bonds. The molecule has 0 spiro atoms. The van der Waals surface area contributed by atoms with Crippen LogP contribution >= 0.6 is 0 Å². The predicted molar refractivity (Wildman–Crippen MR) is 110 cm³/mol. The molecule has 1 N–H and O–H groups in total. The summed E-state index contributed by atoms with van der Waals surface area (Å²) in [5.41, 5.74) is 6.49. The molecule has 0 radical (unpaired) electrons. The van der Waals surface area contributed by atoms with Crippen molar-refractivity contribution >= 4 is 5.97 Å². The molecule has 0 heterocycles. The summed E-state index contributed by atoms with van der Waals surface area (Å²) in [5.74, 6) is -0.339. The largest absolute Gasteiger partial charge is 0.478 e. The third kappa shape index (κ3) is 4.75. The van der Waals surface area contributed by atoms with E-state index >= 15 is 0 Å². The molecule has 0 aliphatic heterocycles. The van der Waals surface area contributed by atoms with Crippen LogP contribution in [0.3, 0.4) is 0 Å². The topological polar surface area (TPSA) is 37.3 Å². The van der Waals surface area contributed by atoms with Gasteiger partial charge in [-0.25, -0.2) is 4.79 Å². The maximum Gasteiger partial charge on any atom is 0.335 e. The molecular weight excluding hydrogens is 320 g/mol. The quantitative estimate of drug-likeness (QED) is 0.535. The predicted octanol–water partition coefficient (Wildman–Crippen LogP) is 6.86. The Morgan fingerprint density at radius 2 is 1.81 bits per heavy atom. The van der Waals surface area contributed by atoms with Crippen LogP contribution in [0.1, 0.15) is 86.3 Å². The molecular formula is C24H32O2. The lowest BCUT2D eigenvalue weighted by atomic mass is 9.86. The highest BCUT2D eigenvalue weighted by Crippen LogP contribution is 2.34. The average molecular weight is 353 g/mol. The Kier molecular flexibility index (Phi) is 7.44. The number of aromatic carboxylic acids is 1. The summed E-state index contributed by atoms with van der Waals surface area (Å²) in [6, 6.07) is 12.6. The zero-order valence-corrected chi connectivity index (χ0v) is 16.6. The minimum absolute atomic E-state index is 0.416. The first kappa shape index (κ1) is 20.2. The van der Waals surface area contributed by atoms with E-state index in [9.17, 15) is 9.90 Å². The van der Waals surface area contributed by atoms with Gasteiger partial charge in [-0.15, -0.1) is 0 Å². The van der Waals surface area contributed by atoms with Crippen LogP contribution in [0.15, 0.2) is 36.4 Å². The Hall–Kier alpha value is -2.09. The molecule has 0 unspecified atom stereocenters. The van der Waals surface area contributed by atoms with Crippen molar-refractivity contribution < 1.29 is 9.90 Å². The second kappa shape index (κ2) is 9.56. The lowest BCUT2D eigenvalue weighted by molar-refractivity contribution is 0.0696. The van der Waals surface area contributed by atoms with E-state index in [4.69, 9.17) is 0 Å². The molecule has 2 aromatic carbocycles. The number of carbonyl (C=O) groups is 1. The monoisotopic (exact) mass is 352 g/mol. The van der Waals surface area contributed by atoms with Crippen molar-refractivity contribution in [3.8, 4) is 11.1 Å². The number of hydrogen-bond donors (Lipinski definition) is 1. The van der Waals surface area contributed by atoms with Crippen molar-refractivity contribution in [3.63, 3.8) is 0 Å². The van der Waals surface area contributed by atoms with E-state index in [0.29, 0.717) is 11.5 Å². The molecule has 0 saturated heterocycles. The Bertz CT molecular complexity index is 746. The molecule has 0 fully saturated rings. The second-order valence-corrected chi connectivity index (χ2v) is 7.25. The number of hydrogen-bond acceptors (Lipinski definition) is 1. The molecule has 0 aromatic heterocycles. The summed E-state index contributed by atoms with van der Waals surface area (Å²) < 4.78 is 0. The summed E-state index contributed by atoms with van der Waals surface area (Å²) in [6.07, 6.45) is 6.61. The molecule has 0 aliphatic rings. The zero-order chi connectivity index (χ0) is 19.1. The number of aryl methyl sites for hydroxylation is 2. The van der Waals surface area contributed by atoms with Gasteiger partial charge in [-0.2, -0.15) is 0 Å². The van der Waals surface area contributed by atoms with Crippen LogP contribution in [0.4, 0.5) is 0 Å². The standard InChI is InChI=1S/C24H32O2/c1-5-8-10-17(4)23-15-18(9-6-2)11-13-21(23)20-12-14-22(24(25)26)19(7-3)16-20/h11-17H,5-10H2,1-4H3,(H,25,26)/t17-/m1/s1. The second-order valence-electron chi connectivity index (χ2n) is 7.25. The summed E-state index contributed by atoms with van der Waals surface area (Å²) in [6.45, 7) is 8.78. The minimum Gasteiger partial charge on any atom is -0.478 e. The van der Waals surface area contributed by atoms with Crippen molar-refractivity contribution in [2.45, 2.75) is 72.1 Å². The maximum absolute atomic E-state index is 11.4. The van der Waals surface area contributed by atoms with Crippen molar-refractivity contribution in [2.24, 2.45) is 0 Å². The fraction of sp³-hybridized carbons (Fsp3) is 0.458. The van der Waals surface area contributed by atoms with Crippen molar-refractivity contribution in [1.29, 1.82) is 0 Å². The van der Waals surface area contributed by atoms with Crippen LogP contribution in [-0.2, 0) is 12.8 Å². The molecule has 0 aliphatic carbocycles. The van der Waals surface area contributed by atoms with Crippen molar-refractivity contribution in [1.82, 2.24) is 0 Å². The van der Waals surface area contributed by atoms with Gasteiger partial charge in [0.15, 0.2) is 0 Å². The van der Waals surface area contributed by atoms with Gasteiger partial charge < -0.3 is 5.11 Å². The summed E-state index contributed by atoms with van der Waals surface area (Å²) >= 11 is 0. The van der Waals surface area contributed by atoms with E-state index in [2.05, 4.69) is 45.0 Å². The van der Waals surface area contributed by atoms with Crippen LogP contribution in [0.2, 0.25) is 0 Å². The summed E-state index contributed by atoms with van der Waals surface area (Å²) in [5, 5.41) is 9.39. The molecule has 1 atom stereocenters. The van der Waals surface area contributed by atoms with Gasteiger partial charge in [0.25, 0.3) is 0 Å². The number of rotatable bonds is 9. The van der Waals surface area contributed by atoms with E-state index in [0.717, 1.165) is 30.4 Å². The van der Waals surface area contributed by atoms with Gasteiger partial charge in [0.2, 0.25) is 0 Å². The van der Waals surface area contributed by atoms with Crippen molar-refractivity contribution in [2.75, 3.05) is 0 Å². The SMILES string of the molecule is CCCC[C@@H](C)c1cc(CCC)ccc1-c1ccc(C(=O)O)c(CC)c1. The highest BCUT2D eigenvalue weighted by atomic mass is 16.4. The van der Waals surface area contributed by atoms with E-state index < -0.39 is 5.97 Å². The average Bonchev–Trinajstić information content (AvgIpc) is 2.65. The molecule has 2 nitrogen and oxygen atoms in total. The number of unbranched alkanes of at least 4 members (excludes halogenated alkanes) is 1. The Morgan fingerprint density at radius 3 is 2.42 bits per heavy atom. The van der Waals surface area contributed by atoms with Gasteiger partial charge >= 0.3 is 5.97 Å². The van der Waals surface area contributed by atoms with E-state index in [-0.39, 0.29) is 0 Å². The van der Waals surface area contributed by atoms with Crippen LogP contribution in [0.25, 0.3) is 11.1 Å². The fourth-order valence-electron chi connectivity index (χ4n) is 3.66. The maximum atomic E-state index is 11.4. The van der Waals surface area contributed by atoms with E-state index in [1.807, 2.05) is 13.0 Å². The fourth-order valence-corrected chi connectivity index (χ4v) is 3.66. The lowest BCUT2D eigenvalue weighted by Crippen LogP contribution is -2.03. The molecule has 2 rings (SSSR count). The first-order chi connectivity index (χ1) is 12.5. The van der Waals surface area contributed by atoms with Gasteiger partial charge in [0.05, 0.1) is 5.56 Å². The van der Waals surface area contributed by atoms with Gasteiger partial charge in [-0.05, 0) is 59.1 Å². The van der Waals surface area contributed by atoms with Gasteiger partial charge in [-0.1, -0.05) is 77.3 Å². The summed E-state index contributed by atoms with van der Waals surface area (Å²) in [7, 11) is 0. The van der Waals surface area contributed by atoms with Crippen molar-refractivity contribution in [3.05, 3.63) is 58.7 Å². The first-order valence-electron chi connectivity index (χ1n) is 10.0. The minimum atomic E-state index is -0.844. The molecule has 0 bridgehead atoms. The first-order valence-corrected chi connectivity index (χ1v) is 10.0. The third-order valence-electron chi connectivity index (χ3n) is 5.20. The molecule has 140 valence electrons. The molecule has 26 heavy (non-hydrogen) atoms. The van der Waals surface area contributed by atoms with Crippen LogP contribution in [0, 0.1) is 0 Å². The number of carboxylic acid groups (broad SMARTS) is 1. The smallest absolute Gasteiger partial charge is 0.335 e. The van der Waals surface area contributed by atoms with Gasteiger partial charge in [-0.3, -0.25) is 0 Å². The number of carboxylic acids is 1. The normalized spacial score (nSPS) is 12.2. The van der Waals surface area contributed by atoms with Crippen LogP contribution < -0.4 is 0 Å². The van der Waals surface area contributed by atoms with Gasteiger partial charge in [0, 0.05) is 0 Å². The van der Waals surface area contributed by atoms with E-state index in [1.54, 1.807) is 6.07 Å². The van der Waals surface area contributed by atoms with Crippen LogP contribution in [-0.4, -0.2) is 11.1 Å². The van der Waals surface area contributed by atoms with Gasteiger partial charge in [0.1, 0.15) is 0 Å². The number of benzene rings is 2.